The second-order valence-corrected chi connectivity index (χ2v) is 4.23. The van der Waals surface area contributed by atoms with Crippen molar-refractivity contribution in [1.82, 2.24) is 5.32 Å². The quantitative estimate of drug-likeness (QED) is 0.859. The Balaban J connectivity index is 2.86. The highest BCUT2D eigenvalue weighted by atomic mass is 79.9. The molecule has 0 aromatic heterocycles. The predicted octanol–water partition coefficient (Wildman–Crippen LogP) is 2.83. The molecule has 0 unspecified atom stereocenters. The fourth-order valence-corrected chi connectivity index (χ4v) is 1.91. The van der Waals surface area contributed by atoms with Gasteiger partial charge in [-0.1, -0.05) is 22.0 Å². The first-order valence-electron chi connectivity index (χ1n) is 4.55. The molecule has 0 atom stereocenters. The van der Waals surface area contributed by atoms with Gasteiger partial charge in [-0.25, -0.2) is 0 Å². The van der Waals surface area contributed by atoms with Crippen molar-refractivity contribution in [2.75, 3.05) is 13.6 Å². The van der Waals surface area contributed by atoms with Gasteiger partial charge in [0.05, 0.1) is 0 Å². The van der Waals surface area contributed by atoms with Gasteiger partial charge in [-0.15, -0.1) is 0 Å². The second-order valence-electron chi connectivity index (χ2n) is 3.37. The van der Waals surface area contributed by atoms with E-state index >= 15 is 0 Å². The van der Waals surface area contributed by atoms with Crippen molar-refractivity contribution in [3.05, 3.63) is 33.3 Å². The maximum atomic E-state index is 3.57. The van der Waals surface area contributed by atoms with Crippen LogP contribution in [0.15, 0.2) is 16.6 Å². The van der Waals surface area contributed by atoms with Crippen molar-refractivity contribution >= 4 is 15.9 Å². The van der Waals surface area contributed by atoms with E-state index in [-0.39, 0.29) is 0 Å². The highest BCUT2D eigenvalue weighted by Crippen LogP contribution is 2.21. The SMILES string of the molecule is CNCCc1cc(C)c(C)c(Br)c1. The molecule has 1 rings (SSSR count). The molecule has 1 nitrogen and oxygen atoms in total. The molecule has 1 aromatic carbocycles. The summed E-state index contributed by atoms with van der Waals surface area (Å²) in [5.41, 5.74) is 4.10. The summed E-state index contributed by atoms with van der Waals surface area (Å²) in [6.45, 7) is 5.33. The van der Waals surface area contributed by atoms with Gasteiger partial charge in [0, 0.05) is 4.47 Å². The molecule has 0 amide bonds. The third-order valence-electron chi connectivity index (χ3n) is 2.33. The smallest absolute Gasteiger partial charge is 0.0209 e. The van der Waals surface area contributed by atoms with Crippen LogP contribution in [-0.2, 0) is 6.42 Å². The molecule has 0 aliphatic carbocycles. The molecular weight excluding hydrogens is 226 g/mol. The van der Waals surface area contributed by atoms with Gasteiger partial charge in [0.15, 0.2) is 0 Å². The first-order chi connectivity index (χ1) is 6.15. The van der Waals surface area contributed by atoms with Crippen LogP contribution >= 0.6 is 15.9 Å². The summed E-state index contributed by atoms with van der Waals surface area (Å²) in [6.07, 6.45) is 1.09. The van der Waals surface area contributed by atoms with Crippen molar-refractivity contribution in [1.29, 1.82) is 0 Å². The average molecular weight is 242 g/mol. The van der Waals surface area contributed by atoms with Gasteiger partial charge in [-0.3, -0.25) is 0 Å². The molecule has 13 heavy (non-hydrogen) atoms. The maximum absolute atomic E-state index is 3.57. The minimum absolute atomic E-state index is 1.04. The molecule has 0 radical (unpaired) electrons. The van der Waals surface area contributed by atoms with Gasteiger partial charge >= 0.3 is 0 Å². The number of aryl methyl sites for hydroxylation is 1. The number of benzene rings is 1. The van der Waals surface area contributed by atoms with Crippen molar-refractivity contribution in [3.63, 3.8) is 0 Å². The Morgan fingerprint density at radius 1 is 1.31 bits per heavy atom. The first-order valence-corrected chi connectivity index (χ1v) is 5.34. The second kappa shape index (κ2) is 4.77. The van der Waals surface area contributed by atoms with E-state index in [2.05, 4.69) is 47.2 Å². The number of halogens is 1. The molecule has 1 aromatic rings. The van der Waals surface area contributed by atoms with Crippen molar-refractivity contribution in [2.24, 2.45) is 0 Å². The normalized spacial score (nSPS) is 10.5. The summed E-state index contributed by atoms with van der Waals surface area (Å²) in [4.78, 5) is 0. The van der Waals surface area contributed by atoms with E-state index in [9.17, 15) is 0 Å². The highest BCUT2D eigenvalue weighted by Gasteiger charge is 2.01. The molecule has 0 saturated heterocycles. The average Bonchev–Trinajstić information content (AvgIpc) is 2.10. The molecule has 0 fully saturated rings. The topological polar surface area (TPSA) is 12.0 Å². The van der Waals surface area contributed by atoms with E-state index in [1.165, 1.54) is 21.2 Å². The molecule has 0 heterocycles. The zero-order chi connectivity index (χ0) is 9.84. The lowest BCUT2D eigenvalue weighted by atomic mass is 10.0. The van der Waals surface area contributed by atoms with E-state index in [1.807, 2.05) is 7.05 Å². The van der Waals surface area contributed by atoms with E-state index < -0.39 is 0 Å². The van der Waals surface area contributed by atoms with Gasteiger partial charge in [-0.2, -0.15) is 0 Å². The van der Waals surface area contributed by atoms with Crippen LogP contribution in [0.2, 0.25) is 0 Å². The van der Waals surface area contributed by atoms with E-state index in [4.69, 9.17) is 0 Å². The number of rotatable bonds is 3. The van der Waals surface area contributed by atoms with Crippen LogP contribution in [0, 0.1) is 13.8 Å². The van der Waals surface area contributed by atoms with Crippen molar-refractivity contribution in [3.8, 4) is 0 Å². The molecule has 2 heteroatoms. The van der Waals surface area contributed by atoms with Crippen LogP contribution in [0.1, 0.15) is 16.7 Å². The summed E-state index contributed by atoms with van der Waals surface area (Å²) >= 11 is 3.57. The largest absolute Gasteiger partial charge is 0.319 e. The molecule has 72 valence electrons. The maximum Gasteiger partial charge on any atom is 0.0209 e. The Morgan fingerprint density at radius 3 is 2.54 bits per heavy atom. The number of likely N-dealkylation sites (N-methyl/N-ethyl adjacent to an activating group) is 1. The first kappa shape index (κ1) is 10.7. The summed E-state index contributed by atoms with van der Waals surface area (Å²) in [6, 6.07) is 4.47. The monoisotopic (exact) mass is 241 g/mol. The van der Waals surface area contributed by atoms with E-state index in [0.29, 0.717) is 0 Å². The van der Waals surface area contributed by atoms with Gasteiger partial charge in [0.2, 0.25) is 0 Å². The van der Waals surface area contributed by atoms with Gasteiger partial charge < -0.3 is 5.32 Å². The van der Waals surface area contributed by atoms with Crippen LogP contribution in [0.25, 0.3) is 0 Å². The minimum Gasteiger partial charge on any atom is -0.319 e. The lowest BCUT2D eigenvalue weighted by Gasteiger charge is -2.07. The summed E-state index contributed by atoms with van der Waals surface area (Å²) < 4.78 is 1.22. The lowest BCUT2D eigenvalue weighted by Crippen LogP contribution is -2.10. The summed E-state index contributed by atoms with van der Waals surface area (Å²) in [5.74, 6) is 0. The summed E-state index contributed by atoms with van der Waals surface area (Å²) in [5, 5.41) is 3.15. The van der Waals surface area contributed by atoms with Gasteiger partial charge in [-0.05, 0) is 56.6 Å². The fraction of sp³-hybridized carbons (Fsp3) is 0.455. The zero-order valence-corrected chi connectivity index (χ0v) is 10.0. The molecule has 0 bridgehead atoms. The standard InChI is InChI=1S/C11H16BrN/c1-8-6-10(4-5-13-3)7-11(12)9(8)2/h6-7,13H,4-5H2,1-3H3. The Bertz CT molecular complexity index is 271. The molecular formula is C11H16BrN. The van der Waals surface area contributed by atoms with Crippen LogP contribution in [-0.4, -0.2) is 13.6 Å². The molecule has 1 N–H and O–H groups in total. The third-order valence-corrected chi connectivity index (χ3v) is 3.15. The van der Waals surface area contributed by atoms with Crippen LogP contribution < -0.4 is 5.32 Å². The minimum atomic E-state index is 1.04. The number of nitrogens with one attached hydrogen (secondary N) is 1. The van der Waals surface area contributed by atoms with Gasteiger partial charge in [0.1, 0.15) is 0 Å². The van der Waals surface area contributed by atoms with Crippen LogP contribution in [0.3, 0.4) is 0 Å². The lowest BCUT2D eigenvalue weighted by molar-refractivity contribution is 0.790. The Morgan fingerprint density at radius 2 is 2.00 bits per heavy atom. The van der Waals surface area contributed by atoms with E-state index in [0.717, 1.165) is 13.0 Å². The highest BCUT2D eigenvalue weighted by molar-refractivity contribution is 9.10. The number of hydrogen-bond donors (Lipinski definition) is 1. The fourth-order valence-electron chi connectivity index (χ4n) is 1.30. The van der Waals surface area contributed by atoms with Crippen molar-refractivity contribution in [2.45, 2.75) is 20.3 Å². The van der Waals surface area contributed by atoms with E-state index in [1.54, 1.807) is 0 Å². The summed E-state index contributed by atoms with van der Waals surface area (Å²) in [7, 11) is 1.98. The Hall–Kier alpha value is -0.340. The van der Waals surface area contributed by atoms with Crippen LogP contribution in [0.4, 0.5) is 0 Å². The molecule has 0 aliphatic heterocycles. The third kappa shape index (κ3) is 2.82. The van der Waals surface area contributed by atoms with Crippen LogP contribution in [0.5, 0.6) is 0 Å². The number of hydrogen-bond acceptors (Lipinski definition) is 1. The Kier molecular flexibility index (Phi) is 3.94. The molecule has 0 saturated carbocycles. The zero-order valence-electron chi connectivity index (χ0n) is 8.45. The van der Waals surface area contributed by atoms with Crippen molar-refractivity contribution < 1.29 is 0 Å². The Labute approximate surface area is 88.7 Å². The predicted molar refractivity (Wildman–Crippen MR) is 61.2 cm³/mol. The molecule has 0 aliphatic rings. The molecule has 0 spiro atoms. The van der Waals surface area contributed by atoms with Gasteiger partial charge in [0.25, 0.3) is 0 Å².